The maximum atomic E-state index is 11.4. The lowest BCUT2D eigenvalue weighted by Crippen LogP contribution is -2.27. The summed E-state index contributed by atoms with van der Waals surface area (Å²) in [6.45, 7) is 3.94. The lowest BCUT2D eigenvalue weighted by atomic mass is 9.74. The molecule has 0 saturated carbocycles. The number of aliphatic hydroxyl groups is 1. The predicted octanol–water partition coefficient (Wildman–Crippen LogP) is 5.55. The van der Waals surface area contributed by atoms with Crippen LogP contribution in [0.15, 0.2) is 60.7 Å². The molecular weight excluding hydrogens is 404 g/mol. The first kappa shape index (κ1) is 25.6. The largest absolute Gasteiger partial charge is 0.481 e. The van der Waals surface area contributed by atoms with E-state index in [4.69, 9.17) is 0 Å². The highest BCUT2D eigenvalue weighted by Crippen LogP contribution is 2.35. The minimum Gasteiger partial charge on any atom is -0.481 e. The van der Waals surface area contributed by atoms with Crippen LogP contribution in [0.4, 0.5) is 0 Å². The average molecular weight is 441 g/mol. The van der Waals surface area contributed by atoms with Crippen LogP contribution in [0.5, 0.6) is 0 Å². The molecule has 0 aliphatic rings. The van der Waals surface area contributed by atoms with Crippen molar-refractivity contribution in [2.75, 3.05) is 0 Å². The van der Waals surface area contributed by atoms with E-state index in [-0.39, 0.29) is 12.8 Å². The number of hydrogen-bond acceptors (Lipinski definition) is 3. The highest BCUT2D eigenvalue weighted by molar-refractivity contribution is 5.69. The number of hydrogen-bond donors (Lipinski definition) is 3. The van der Waals surface area contributed by atoms with E-state index in [1.807, 2.05) is 74.5 Å². The van der Waals surface area contributed by atoms with Gasteiger partial charge in [-0.3, -0.25) is 9.59 Å². The summed E-state index contributed by atoms with van der Waals surface area (Å²) in [7, 11) is 0. The molecule has 32 heavy (non-hydrogen) atoms. The molecule has 0 saturated heterocycles. The maximum Gasteiger partial charge on any atom is 0.304 e. The second-order valence-corrected chi connectivity index (χ2v) is 9.43. The Hall–Kier alpha value is -2.66. The van der Waals surface area contributed by atoms with Gasteiger partial charge in [-0.2, -0.15) is 0 Å². The molecule has 2 rings (SSSR count). The number of carboxylic acid groups (broad SMARTS) is 2. The molecule has 0 heterocycles. The smallest absolute Gasteiger partial charge is 0.304 e. The summed E-state index contributed by atoms with van der Waals surface area (Å²) in [5, 5.41) is 29.3. The third-order valence-corrected chi connectivity index (χ3v) is 6.56. The Morgan fingerprint density at radius 3 is 1.38 bits per heavy atom. The molecule has 174 valence electrons. The van der Waals surface area contributed by atoms with E-state index in [0.29, 0.717) is 25.7 Å². The Balaban J connectivity index is 1.88. The lowest BCUT2D eigenvalue weighted by molar-refractivity contribution is -0.139. The third kappa shape index (κ3) is 7.79. The van der Waals surface area contributed by atoms with Crippen molar-refractivity contribution >= 4 is 11.9 Å². The van der Waals surface area contributed by atoms with Crippen LogP contribution in [0.25, 0.3) is 0 Å². The zero-order valence-corrected chi connectivity index (χ0v) is 19.2. The van der Waals surface area contributed by atoms with Gasteiger partial charge in [0.25, 0.3) is 0 Å². The Bertz CT molecular complexity index is 779. The first-order chi connectivity index (χ1) is 15.1. The molecule has 0 aliphatic carbocycles. The molecule has 2 unspecified atom stereocenters. The van der Waals surface area contributed by atoms with Crippen molar-refractivity contribution in [3.05, 3.63) is 71.8 Å². The average Bonchev–Trinajstić information content (AvgIpc) is 2.74. The normalized spacial score (nSPS) is 16.0. The van der Waals surface area contributed by atoms with Crippen LogP contribution >= 0.6 is 0 Å². The van der Waals surface area contributed by atoms with E-state index in [2.05, 4.69) is 0 Å². The quantitative estimate of drug-likeness (QED) is 0.358. The van der Waals surface area contributed by atoms with Gasteiger partial charge in [0.1, 0.15) is 0 Å². The predicted molar refractivity (Wildman–Crippen MR) is 126 cm³/mol. The van der Waals surface area contributed by atoms with Gasteiger partial charge in [0.05, 0.1) is 18.9 Å². The summed E-state index contributed by atoms with van der Waals surface area (Å²) in [6, 6.07) is 19.4. The monoisotopic (exact) mass is 440 g/mol. The molecule has 2 aromatic rings. The number of rotatable bonds is 14. The molecule has 5 heteroatoms. The van der Waals surface area contributed by atoms with Crippen LogP contribution in [0, 0.1) is 0 Å². The number of carbonyl (C=O) groups is 2. The Labute approximate surface area is 191 Å². The zero-order chi connectivity index (χ0) is 23.6. The van der Waals surface area contributed by atoms with Crippen molar-refractivity contribution < 1.29 is 24.9 Å². The summed E-state index contributed by atoms with van der Waals surface area (Å²) in [6.07, 6.45) is 3.64. The Morgan fingerprint density at radius 1 is 0.719 bits per heavy atom. The van der Waals surface area contributed by atoms with Gasteiger partial charge in [-0.25, -0.2) is 0 Å². The minimum atomic E-state index is -0.824. The molecule has 0 fully saturated rings. The van der Waals surface area contributed by atoms with Crippen molar-refractivity contribution in [1.82, 2.24) is 0 Å². The summed E-state index contributed by atoms with van der Waals surface area (Å²) >= 11 is 0. The van der Waals surface area contributed by atoms with Crippen molar-refractivity contribution in [3.63, 3.8) is 0 Å². The molecule has 2 atom stereocenters. The second kappa shape index (κ2) is 11.8. The number of aliphatic carboxylic acids is 2. The van der Waals surface area contributed by atoms with E-state index < -0.39 is 28.9 Å². The first-order valence-electron chi connectivity index (χ1n) is 11.4. The molecule has 5 nitrogen and oxygen atoms in total. The number of benzene rings is 2. The molecular formula is C27H36O5. The summed E-state index contributed by atoms with van der Waals surface area (Å²) in [4.78, 5) is 22.8. The van der Waals surface area contributed by atoms with Crippen LogP contribution in [-0.2, 0) is 20.4 Å². The van der Waals surface area contributed by atoms with Crippen molar-refractivity contribution in [3.8, 4) is 0 Å². The highest BCUT2D eigenvalue weighted by atomic mass is 16.4. The van der Waals surface area contributed by atoms with Gasteiger partial charge >= 0.3 is 11.9 Å². The van der Waals surface area contributed by atoms with Crippen LogP contribution in [-0.4, -0.2) is 33.4 Å². The van der Waals surface area contributed by atoms with Crippen molar-refractivity contribution in [2.45, 2.75) is 82.1 Å². The summed E-state index contributed by atoms with van der Waals surface area (Å²) < 4.78 is 0. The van der Waals surface area contributed by atoms with Crippen molar-refractivity contribution in [1.29, 1.82) is 0 Å². The van der Waals surface area contributed by atoms with Crippen molar-refractivity contribution in [2.24, 2.45) is 0 Å². The van der Waals surface area contributed by atoms with Crippen LogP contribution in [0.2, 0.25) is 0 Å². The van der Waals surface area contributed by atoms with Crippen LogP contribution < -0.4 is 0 Å². The molecule has 3 N–H and O–H groups in total. The number of carboxylic acids is 2. The van der Waals surface area contributed by atoms with E-state index in [9.17, 15) is 24.9 Å². The van der Waals surface area contributed by atoms with Gasteiger partial charge in [-0.05, 0) is 49.7 Å². The molecule has 2 aromatic carbocycles. The highest BCUT2D eigenvalue weighted by Gasteiger charge is 2.31. The van der Waals surface area contributed by atoms with E-state index in [1.54, 1.807) is 0 Å². The van der Waals surface area contributed by atoms with E-state index in [0.717, 1.165) is 24.0 Å². The molecule has 0 amide bonds. The van der Waals surface area contributed by atoms with Gasteiger partial charge in [0.2, 0.25) is 0 Å². The zero-order valence-electron chi connectivity index (χ0n) is 19.2. The topological polar surface area (TPSA) is 94.8 Å². The summed E-state index contributed by atoms with van der Waals surface area (Å²) in [5.41, 5.74) is 1.06. The van der Waals surface area contributed by atoms with Gasteiger partial charge in [0, 0.05) is 10.8 Å². The standard InChI is InChI=1S/C27H36O5/c1-26(19-24(29)30,21-11-5-3-6-12-21)17-9-15-23(28)16-10-18-27(2,20-25(31)32)22-13-7-4-8-14-22/h3-8,11-14,23,28H,9-10,15-20H2,1-2H3,(H,29,30)(H,31,32). The molecule has 0 spiro atoms. The molecule has 0 aromatic heterocycles. The number of aliphatic hydroxyl groups excluding tert-OH is 1. The van der Waals surface area contributed by atoms with Gasteiger partial charge in [-0.1, -0.05) is 74.5 Å². The van der Waals surface area contributed by atoms with Gasteiger partial charge in [-0.15, -0.1) is 0 Å². The fourth-order valence-electron chi connectivity index (χ4n) is 4.62. The molecule has 0 bridgehead atoms. The Kier molecular flexibility index (Phi) is 9.45. The molecule has 0 radical (unpaired) electrons. The Morgan fingerprint density at radius 2 is 1.06 bits per heavy atom. The SMILES string of the molecule is CC(CCCC(O)CCCC(C)(CC(=O)O)c1ccccc1)(CC(=O)O)c1ccccc1. The van der Waals surface area contributed by atoms with Gasteiger partial charge < -0.3 is 15.3 Å². The lowest BCUT2D eigenvalue weighted by Gasteiger charge is -2.30. The maximum absolute atomic E-state index is 11.4. The summed E-state index contributed by atoms with van der Waals surface area (Å²) in [5.74, 6) is -1.65. The fraction of sp³-hybridized carbons (Fsp3) is 0.481. The van der Waals surface area contributed by atoms with E-state index >= 15 is 0 Å². The van der Waals surface area contributed by atoms with Crippen LogP contribution in [0.1, 0.15) is 76.3 Å². The minimum absolute atomic E-state index is 0.0533. The molecule has 0 aliphatic heterocycles. The third-order valence-electron chi connectivity index (χ3n) is 6.56. The van der Waals surface area contributed by atoms with Gasteiger partial charge in [0.15, 0.2) is 0 Å². The van der Waals surface area contributed by atoms with E-state index in [1.165, 1.54) is 0 Å². The second-order valence-electron chi connectivity index (χ2n) is 9.43. The first-order valence-corrected chi connectivity index (χ1v) is 11.4. The van der Waals surface area contributed by atoms with Crippen LogP contribution in [0.3, 0.4) is 0 Å². The fourth-order valence-corrected chi connectivity index (χ4v) is 4.62.